The average Bonchev–Trinajstić information content (AvgIpc) is 2.90. The molecule has 5 unspecified atom stereocenters. The number of hydrogen-bond acceptors (Lipinski definition) is 5. The monoisotopic (exact) mass is 363 g/mol. The summed E-state index contributed by atoms with van der Waals surface area (Å²) in [6.45, 7) is 0. The van der Waals surface area contributed by atoms with E-state index >= 15 is 0 Å². The van der Waals surface area contributed by atoms with Gasteiger partial charge in [0, 0.05) is 18.5 Å². The van der Waals surface area contributed by atoms with Crippen LogP contribution in [0, 0.1) is 23.7 Å². The molecule has 5 nitrogen and oxygen atoms in total. The summed E-state index contributed by atoms with van der Waals surface area (Å²) in [5.74, 6) is 0.663. The Morgan fingerprint density at radius 1 is 0.923 bits per heavy atom. The summed E-state index contributed by atoms with van der Waals surface area (Å²) in [4.78, 5) is 27.9. The molecule has 0 amide bonds. The summed E-state index contributed by atoms with van der Waals surface area (Å²) >= 11 is 0. The Morgan fingerprint density at radius 2 is 1.69 bits per heavy atom. The van der Waals surface area contributed by atoms with Gasteiger partial charge in [-0.2, -0.15) is 0 Å². The van der Waals surface area contributed by atoms with Gasteiger partial charge in [-0.15, -0.1) is 0 Å². The van der Waals surface area contributed by atoms with Gasteiger partial charge in [-0.05, 0) is 44.6 Å². The highest BCUT2D eigenvalue weighted by atomic mass is 16.6. The smallest absolute Gasteiger partial charge is 0.314 e. The van der Waals surface area contributed by atoms with Crippen LogP contribution < -0.4 is 0 Å². The third kappa shape index (κ3) is 3.17. The molecule has 2 bridgehead atoms. The van der Waals surface area contributed by atoms with Crippen LogP contribution in [-0.4, -0.2) is 49.2 Å². The van der Waals surface area contributed by atoms with E-state index in [2.05, 4.69) is 11.9 Å². The number of ether oxygens (including phenoxy) is 2. The Labute approximate surface area is 156 Å². The van der Waals surface area contributed by atoms with Gasteiger partial charge in [-0.1, -0.05) is 32.1 Å². The van der Waals surface area contributed by atoms with Gasteiger partial charge in [0.15, 0.2) is 0 Å². The molecule has 0 spiro atoms. The van der Waals surface area contributed by atoms with Crippen molar-refractivity contribution in [3.05, 3.63) is 0 Å². The van der Waals surface area contributed by atoms with Crippen LogP contribution in [0.3, 0.4) is 0 Å². The summed E-state index contributed by atoms with van der Waals surface area (Å²) < 4.78 is 11.2. The Balaban J connectivity index is 1.48. The Morgan fingerprint density at radius 3 is 2.50 bits per heavy atom. The van der Waals surface area contributed by atoms with Crippen LogP contribution in [0.2, 0.25) is 0 Å². The zero-order valence-corrected chi connectivity index (χ0v) is 16.2. The van der Waals surface area contributed by atoms with Crippen molar-refractivity contribution in [3.8, 4) is 0 Å². The number of carbonyl (C=O) groups excluding carboxylic acids is 2. The molecule has 4 aliphatic rings. The van der Waals surface area contributed by atoms with E-state index in [0.717, 1.165) is 32.1 Å². The molecule has 5 heteroatoms. The van der Waals surface area contributed by atoms with Gasteiger partial charge < -0.3 is 9.47 Å². The van der Waals surface area contributed by atoms with E-state index in [1.54, 1.807) is 0 Å². The Bertz CT molecular complexity index is 548. The first-order valence-corrected chi connectivity index (χ1v) is 10.6. The van der Waals surface area contributed by atoms with Crippen molar-refractivity contribution >= 4 is 11.9 Å². The van der Waals surface area contributed by atoms with Gasteiger partial charge in [0.05, 0.1) is 13.0 Å². The number of methoxy groups -OCH3 is 1. The van der Waals surface area contributed by atoms with Crippen molar-refractivity contribution in [1.82, 2.24) is 4.90 Å². The lowest BCUT2D eigenvalue weighted by Crippen LogP contribution is -2.54. The van der Waals surface area contributed by atoms with E-state index in [-0.39, 0.29) is 35.9 Å². The lowest BCUT2D eigenvalue weighted by Gasteiger charge is -2.43. The maximum atomic E-state index is 13.1. The van der Waals surface area contributed by atoms with Gasteiger partial charge in [0.2, 0.25) is 0 Å². The largest absolute Gasteiger partial charge is 0.469 e. The molecule has 2 saturated carbocycles. The number of piperidine rings is 1. The maximum Gasteiger partial charge on any atom is 0.314 e. The van der Waals surface area contributed by atoms with Crippen molar-refractivity contribution in [2.24, 2.45) is 23.7 Å². The SMILES string of the molecule is COC(=O)C1C2CC[C@H](C[C@@H]1OC(=O)C1CCCC3CCCCC31)N2C. The Hall–Kier alpha value is -1.10. The van der Waals surface area contributed by atoms with Crippen LogP contribution in [0.4, 0.5) is 0 Å². The molecule has 2 heterocycles. The van der Waals surface area contributed by atoms with Gasteiger partial charge in [-0.3, -0.25) is 14.5 Å². The summed E-state index contributed by atoms with van der Waals surface area (Å²) in [6.07, 6.45) is 10.9. The second kappa shape index (κ2) is 7.49. The topological polar surface area (TPSA) is 55.8 Å². The third-order valence-electron chi connectivity index (χ3n) is 7.83. The van der Waals surface area contributed by atoms with Crippen LogP contribution >= 0.6 is 0 Å². The highest BCUT2D eigenvalue weighted by Crippen LogP contribution is 2.45. The molecule has 4 fully saturated rings. The van der Waals surface area contributed by atoms with Crippen molar-refractivity contribution < 1.29 is 19.1 Å². The predicted molar refractivity (Wildman–Crippen MR) is 97.4 cm³/mol. The zero-order valence-electron chi connectivity index (χ0n) is 16.2. The normalized spacial score (nSPS) is 42.8. The van der Waals surface area contributed by atoms with E-state index in [9.17, 15) is 9.59 Å². The first kappa shape index (κ1) is 18.3. The standard InChI is InChI=1S/C21H33NO4/c1-22-14-10-11-17(22)19(21(24)25-2)18(12-14)26-20(23)16-9-5-7-13-6-3-4-8-15(13)16/h13-19H,3-12H2,1-2H3/t13?,14-,15?,16?,17?,18+,19?/m1/s1. The lowest BCUT2D eigenvalue weighted by molar-refractivity contribution is -0.174. The highest BCUT2D eigenvalue weighted by molar-refractivity contribution is 5.77. The fourth-order valence-electron chi connectivity index (χ4n) is 6.45. The van der Waals surface area contributed by atoms with E-state index in [4.69, 9.17) is 9.47 Å². The minimum absolute atomic E-state index is 0.0375. The van der Waals surface area contributed by atoms with Crippen molar-refractivity contribution in [1.29, 1.82) is 0 Å². The first-order valence-electron chi connectivity index (χ1n) is 10.6. The maximum absolute atomic E-state index is 13.1. The van der Waals surface area contributed by atoms with Gasteiger partial charge in [0.25, 0.3) is 0 Å². The molecule has 4 rings (SSSR count). The molecule has 0 radical (unpaired) electrons. The molecular formula is C21H33NO4. The summed E-state index contributed by atoms with van der Waals surface area (Å²) in [5.41, 5.74) is 0. The molecule has 26 heavy (non-hydrogen) atoms. The van der Waals surface area contributed by atoms with Crippen LogP contribution in [0.25, 0.3) is 0 Å². The molecule has 0 aromatic carbocycles. The number of carbonyl (C=O) groups is 2. The van der Waals surface area contributed by atoms with Gasteiger partial charge in [0.1, 0.15) is 12.0 Å². The van der Waals surface area contributed by atoms with Crippen LogP contribution in [0.15, 0.2) is 0 Å². The van der Waals surface area contributed by atoms with E-state index in [1.807, 2.05) is 0 Å². The minimum Gasteiger partial charge on any atom is -0.469 e. The van der Waals surface area contributed by atoms with Crippen LogP contribution in [0.1, 0.15) is 64.2 Å². The molecule has 0 aromatic heterocycles. The summed E-state index contributed by atoms with van der Waals surface area (Å²) in [7, 11) is 3.53. The number of esters is 2. The van der Waals surface area contributed by atoms with E-state index < -0.39 is 0 Å². The van der Waals surface area contributed by atoms with Crippen molar-refractivity contribution in [2.45, 2.75) is 82.4 Å². The van der Waals surface area contributed by atoms with Gasteiger partial charge in [-0.25, -0.2) is 0 Å². The lowest BCUT2D eigenvalue weighted by atomic mass is 9.65. The Kier molecular flexibility index (Phi) is 5.27. The minimum atomic E-state index is -0.335. The molecule has 7 atom stereocenters. The number of fused-ring (bicyclic) bond motifs is 3. The summed E-state index contributed by atoms with van der Waals surface area (Å²) in [6, 6.07) is 0.570. The zero-order chi connectivity index (χ0) is 18.3. The predicted octanol–water partition coefficient (Wildman–Crippen LogP) is 3.16. The molecular weight excluding hydrogens is 330 g/mol. The number of rotatable bonds is 3. The number of nitrogens with zero attached hydrogens (tertiary/aromatic N) is 1. The van der Waals surface area contributed by atoms with E-state index in [1.165, 1.54) is 39.2 Å². The van der Waals surface area contributed by atoms with Crippen molar-refractivity contribution in [3.63, 3.8) is 0 Å². The van der Waals surface area contributed by atoms with Gasteiger partial charge >= 0.3 is 11.9 Å². The molecule has 2 aliphatic carbocycles. The second-order valence-electron chi connectivity index (χ2n) is 8.97. The van der Waals surface area contributed by atoms with Crippen LogP contribution in [0.5, 0.6) is 0 Å². The quantitative estimate of drug-likeness (QED) is 0.721. The second-order valence-corrected chi connectivity index (χ2v) is 8.97. The van der Waals surface area contributed by atoms with Crippen molar-refractivity contribution in [2.75, 3.05) is 14.2 Å². The molecule has 0 N–H and O–H groups in total. The molecule has 0 aromatic rings. The van der Waals surface area contributed by atoms with E-state index in [0.29, 0.717) is 17.9 Å². The number of hydrogen-bond donors (Lipinski definition) is 0. The summed E-state index contributed by atoms with van der Waals surface area (Å²) in [5, 5.41) is 0. The fraction of sp³-hybridized carbons (Fsp3) is 0.905. The molecule has 2 saturated heterocycles. The first-order chi connectivity index (χ1) is 12.6. The molecule has 2 aliphatic heterocycles. The molecule has 146 valence electrons. The highest BCUT2D eigenvalue weighted by Gasteiger charge is 2.51. The fourth-order valence-corrected chi connectivity index (χ4v) is 6.45. The van der Waals surface area contributed by atoms with Crippen LogP contribution in [-0.2, 0) is 19.1 Å². The third-order valence-corrected chi connectivity index (χ3v) is 7.83. The average molecular weight is 363 g/mol.